The van der Waals surface area contributed by atoms with Crippen molar-refractivity contribution in [3.8, 4) is 11.3 Å². The predicted octanol–water partition coefficient (Wildman–Crippen LogP) is 5.82. The van der Waals surface area contributed by atoms with Crippen LogP contribution < -0.4 is 10.6 Å². The fraction of sp³-hybridized carbons (Fsp3) is 0.269. The monoisotopic (exact) mass is 412 g/mol. The topological polar surface area (TPSA) is 66.9 Å². The van der Waals surface area contributed by atoms with Crippen molar-refractivity contribution in [1.29, 1.82) is 0 Å². The fourth-order valence-corrected chi connectivity index (χ4v) is 3.81. The van der Waals surface area contributed by atoms with Crippen molar-refractivity contribution in [3.63, 3.8) is 0 Å². The summed E-state index contributed by atoms with van der Waals surface area (Å²) in [5.74, 6) is 0.677. The first-order chi connectivity index (χ1) is 15.2. The lowest BCUT2D eigenvalue weighted by atomic mass is 9.97. The Morgan fingerprint density at radius 3 is 2.68 bits per heavy atom. The third-order valence-corrected chi connectivity index (χ3v) is 5.52. The fourth-order valence-electron chi connectivity index (χ4n) is 3.81. The molecular weight excluding hydrogens is 384 g/mol. The normalized spacial score (nSPS) is 13.4. The van der Waals surface area contributed by atoms with Gasteiger partial charge in [0.2, 0.25) is 0 Å². The highest BCUT2D eigenvalue weighted by Gasteiger charge is 2.08. The minimum absolute atomic E-state index is 0.0354. The molecule has 1 aromatic heterocycles. The second-order valence-electron chi connectivity index (χ2n) is 7.97. The molecule has 0 unspecified atom stereocenters. The van der Waals surface area contributed by atoms with Crippen molar-refractivity contribution in [1.82, 2.24) is 15.3 Å². The molecule has 1 aliphatic rings. The number of carbonyl (C=O) groups is 1. The van der Waals surface area contributed by atoms with E-state index in [1.807, 2.05) is 42.5 Å². The molecule has 0 fully saturated rings. The van der Waals surface area contributed by atoms with Crippen molar-refractivity contribution in [2.45, 2.75) is 39.0 Å². The Kier molecular flexibility index (Phi) is 6.72. The van der Waals surface area contributed by atoms with Gasteiger partial charge in [0, 0.05) is 29.4 Å². The lowest BCUT2D eigenvalue weighted by molar-refractivity contribution is 0.0954. The number of nitrogens with one attached hydrogen (secondary N) is 2. The molecular formula is C26H28N4O. The average Bonchev–Trinajstić information content (AvgIpc) is 2.80. The summed E-state index contributed by atoms with van der Waals surface area (Å²) in [7, 11) is 0. The SMILES string of the molecule is Cc1cccc(-c2cc(Nc3ccc(C(=O)NCCC4=CCCCC4)cc3)ncn2)c1. The maximum absolute atomic E-state index is 12.4. The van der Waals surface area contributed by atoms with E-state index >= 15 is 0 Å². The summed E-state index contributed by atoms with van der Waals surface area (Å²) in [4.78, 5) is 21.1. The summed E-state index contributed by atoms with van der Waals surface area (Å²) in [6, 6.07) is 17.6. The Balaban J connectivity index is 1.34. The lowest BCUT2D eigenvalue weighted by Crippen LogP contribution is -2.24. The zero-order valence-corrected chi connectivity index (χ0v) is 17.9. The summed E-state index contributed by atoms with van der Waals surface area (Å²) >= 11 is 0. The molecule has 2 N–H and O–H groups in total. The molecule has 3 aromatic rings. The van der Waals surface area contributed by atoms with Gasteiger partial charge in [-0.2, -0.15) is 0 Å². The molecule has 5 nitrogen and oxygen atoms in total. The number of anilines is 2. The van der Waals surface area contributed by atoms with E-state index in [4.69, 9.17) is 0 Å². The van der Waals surface area contributed by atoms with E-state index in [1.165, 1.54) is 36.8 Å². The van der Waals surface area contributed by atoms with Crippen molar-refractivity contribution in [3.05, 3.63) is 83.7 Å². The third-order valence-electron chi connectivity index (χ3n) is 5.52. The van der Waals surface area contributed by atoms with Gasteiger partial charge in [0.25, 0.3) is 5.91 Å². The van der Waals surface area contributed by atoms with E-state index in [-0.39, 0.29) is 5.91 Å². The standard InChI is InChI=1S/C26H28N4O/c1-19-6-5-9-22(16-19)24-17-25(29-18-28-24)30-23-12-10-21(11-13-23)26(31)27-15-14-20-7-3-2-4-8-20/h5-7,9-13,16-18H,2-4,8,14-15H2,1H3,(H,27,31)(H,28,29,30). The van der Waals surface area contributed by atoms with Gasteiger partial charge in [0.15, 0.2) is 0 Å². The second kappa shape index (κ2) is 10.0. The van der Waals surface area contributed by atoms with Gasteiger partial charge in [-0.05, 0) is 69.4 Å². The van der Waals surface area contributed by atoms with Crippen LogP contribution in [-0.4, -0.2) is 22.4 Å². The van der Waals surface area contributed by atoms with Crippen LogP contribution in [0.5, 0.6) is 0 Å². The predicted molar refractivity (Wildman–Crippen MR) is 125 cm³/mol. The summed E-state index contributed by atoms with van der Waals surface area (Å²) in [6.07, 6.45) is 9.74. The first-order valence-corrected chi connectivity index (χ1v) is 10.9. The number of hydrogen-bond donors (Lipinski definition) is 2. The van der Waals surface area contributed by atoms with Gasteiger partial charge in [-0.25, -0.2) is 9.97 Å². The molecule has 0 bridgehead atoms. The Labute approximate surface area is 183 Å². The number of hydrogen-bond acceptors (Lipinski definition) is 4. The van der Waals surface area contributed by atoms with Gasteiger partial charge >= 0.3 is 0 Å². The Hall–Kier alpha value is -3.47. The molecule has 2 aromatic carbocycles. The molecule has 1 amide bonds. The maximum Gasteiger partial charge on any atom is 0.251 e. The van der Waals surface area contributed by atoms with Crippen LogP contribution in [-0.2, 0) is 0 Å². The number of rotatable bonds is 7. The second-order valence-corrected chi connectivity index (χ2v) is 7.97. The molecule has 0 atom stereocenters. The first-order valence-electron chi connectivity index (χ1n) is 10.9. The Morgan fingerprint density at radius 2 is 1.90 bits per heavy atom. The van der Waals surface area contributed by atoms with Gasteiger partial charge in [-0.3, -0.25) is 4.79 Å². The van der Waals surface area contributed by atoms with Crippen LogP contribution in [0.4, 0.5) is 11.5 Å². The summed E-state index contributed by atoms with van der Waals surface area (Å²) in [5.41, 5.74) is 6.12. The molecule has 31 heavy (non-hydrogen) atoms. The van der Waals surface area contributed by atoms with Crippen LogP contribution in [0.2, 0.25) is 0 Å². The molecule has 0 saturated carbocycles. The number of aryl methyl sites for hydroxylation is 1. The molecule has 1 aliphatic carbocycles. The molecule has 4 rings (SSSR count). The zero-order valence-electron chi connectivity index (χ0n) is 17.9. The van der Waals surface area contributed by atoms with E-state index in [1.54, 1.807) is 6.33 Å². The summed E-state index contributed by atoms with van der Waals surface area (Å²) < 4.78 is 0. The summed E-state index contributed by atoms with van der Waals surface area (Å²) in [5, 5.41) is 6.32. The molecule has 0 aliphatic heterocycles. The molecule has 158 valence electrons. The minimum atomic E-state index is -0.0354. The van der Waals surface area contributed by atoms with Gasteiger partial charge in [-0.1, -0.05) is 35.4 Å². The number of benzene rings is 2. The largest absolute Gasteiger partial charge is 0.352 e. The van der Waals surface area contributed by atoms with E-state index in [9.17, 15) is 4.79 Å². The van der Waals surface area contributed by atoms with Crippen molar-refractivity contribution < 1.29 is 4.79 Å². The van der Waals surface area contributed by atoms with Gasteiger partial charge in [0.1, 0.15) is 12.1 Å². The number of aromatic nitrogens is 2. The molecule has 0 saturated heterocycles. The number of allylic oxidation sites excluding steroid dienone is 1. The molecule has 1 heterocycles. The van der Waals surface area contributed by atoms with Gasteiger partial charge < -0.3 is 10.6 Å². The molecule has 0 radical (unpaired) electrons. The Bertz CT molecular complexity index is 1070. The zero-order chi connectivity index (χ0) is 21.5. The van der Waals surface area contributed by atoms with E-state index in [0.29, 0.717) is 17.9 Å². The van der Waals surface area contributed by atoms with Crippen LogP contribution in [0.1, 0.15) is 48.0 Å². The smallest absolute Gasteiger partial charge is 0.251 e. The highest BCUT2D eigenvalue weighted by atomic mass is 16.1. The highest BCUT2D eigenvalue weighted by molar-refractivity contribution is 5.94. The molecule has 0 spiro atoms. The van der Waals surface area contributed by atoms with Crippen LogP contribution in [0.25, 0.3) is 11.3 Å². The van der Waals surface area contributed by atoms with Crippen LogP contribution in [0.3, 0.4) is 0 Å². The highest BCUT2D eigenvalue weighted by Crippen LogP contribution is 2.22. The third kappa shape index (κ3) is 5.79. The van der Waals surface area contributed by atoms with E-state index in [2.05, 4.69) is 45.7 Å². The number of carbonyl (C=O) groups excluding carboxylic acids is 1. The van der Waals surface area contributed by atoms with Gasteiger partial charge in [0.05, 0.1) is 5.69 Å². The van der Waals surface area contributed by atoms with Crippen LogP contribution >= 0.6 is 0 Å². The van der Waals surface area contributed by atoms with Crippen LogP contribution in [0, 0.1) is 6.92 Å². The lowest BCUT2D eigenvalue weighted by Gasteiger charge is -2.13. The van der Waals surface area contributed by atoms with Gasteiger partial charge in [-0.15, -0.1) is 0 Å². The van der Waals surface area contributed by atoms with E-state index < -0.39 is 0 Å². The Morgan fingerprint density at radius 1 is 1.03 bits per heavy atom. The quantitative estimate of drug-likeness (QED) is 0.480. The van der Waals surface area contributed by atoms with Crippen molar-refractivity contribution >= 4 is 17.4 Å². The van der Waals surface area contributed by atoms with Crippen molar-refractivity contribution in [2.75, 3.05) is 11.9 Å². The number of amides is 1. The van der Waals surface area contributed by atoms with Crippen molar-refractivity contribution in [2.24, 2.45) is 0 Å². The average molecular weight is 413 g/mol. The number of nitrogens with zero attached hydrogens (tertiary/aromatic N) is 2. The van der Waals surface area contributed by atoms with Crippen LogP contribution in [0.15, 0.2) is 72.6 Å². The molecule has 5 heteroatoms. The summed E-state index contributed by atoms with van der Waals surface area (Å²) in [6.45, 7) is 2.75. The first kappa shape index (κ1) is 20.8. The van der Waals surface area contributed by atoms with E-state index in [0.717, 1.165) is 23.4 Å². The maximum atomic E-state index is 12.4. The minimum Gasteiger partial charge on any atom is -0.352 e.